The molecule has 66 valence electrons. The van der Waals surface area contributed by atoms with E-state index in [-0.39, 0.29) is 5.17 Å². The van der Waals surface area contributed by atoms with E-state index in [2.05, 4.69) is 10.1 Å². The molecular formula is C9H7ClN2O. The molecule has 2 rings (SSSR count). The summed E-state index contributed by atoms with van der Waals surface area (Å²) >= 11 is 5.69. The molecule has 0 amide bonds. The number of fused-ring (bicyclic) bond motifs is 1. The van der Waals surface area contributed by atoms with Crippen LogP contribution in [0.15, 0.2) is 35.6 Å². The first-order valence-electron chi connectivity index (χ1n) is 3.77. The van der Waals surface area contributed by atoms with E-state index in [0.29, 0.717) is 5.56 Å². The fourth-order valence-corrected chi connectivity index (χ4v) is 1.45. The fourth-order valence-electron chi connectivity index (χ4n) is 1.30. The van der Waals surface area contributed by atoms with Crippen LogP contribution in [-0.4, -0.2) is 15.4 Å². The molecule has 1 aromatic carbocycles. The number of para-hydroxylation sites is 1. The molecular weight excluding hydrogens is 188 g/mol. The first-order chi connectivity index (χ1) is 6.33. The zero-order valence-corrected chi connectivity index (χ0v) is 7.42. The van der Waals surface area contributed by atoms with Crippen LogP contribution in [0.2, 0.25) is 0 Å². The summed E-state index contributed by atoms with van der Waals surface area (Å²) in [4.78, 5) is 3.03. The monoisotopic (exact) mass is 194 g/mol. The van der Waals surface area contributed by atoms with Crippen molar-refractivity contribution in [3.05, 3.63) is 36.0 Å². The fraction of sp³-hybridized carbons (Fsp3) is 0. The second-order valence-electron chi connectivity index (χ2n) is 2.64. The van der Waals surface area contributed by atoms with Crippen molar-refractivity contribution in [1.29, 1.82) is 0 Å². The lowest BCUT2D eigenvalue weighted by atomic mass is 10.2. The Bertz CT molecular complexity index is 461. The van der Waals surface area contributed by atoms with Gasteiger partial charge in [0.25, 0.3) is 0 Å². The minimum Gasteiger partial charge on any atom is -0.410 e. The summed E-state index contributed by atoms with van der Waals surface area (Å²) in [5.74, 6) is 0. The average molecular weight is 195 g/mol. The average Bonchev–Trinajstić information content (AvgIpc) is 2.60. The molecule has 2 N–H and O–H groups in total. The summed E-state index contributed by atoms with van der Waals surface area (Å²) in [5.41, 5.74) is 1.68. The van der Waals surface area contributed by atoms with Crippen LogP contribution < -0.4 is 0 Å². The van der Waals surface area contributed by atoms with Gasteiger partial charge in [-0.05, 0) is 6.07 Å². The SMILES string of the molecule is O/N=C(/Cl)c1c[nH]c2ccccc12. The van der Waals surface area contributed by atoms with Crippen LogP contribution in [0, 0.1) is 0 Å². The molecule has 1 heterocycles. The predicted molar refractivity (Wildman–Crippen MR) is 52.5 cm³/mol. The van der Waals surface area contributed by atoms with Crippen molar-refractivity contribution in [2.24, 2.45) is 5.16 Å². The number of hydrogen-bond acceptors (Lipinski definition) is 2. The van der Waals surface area contributed by atoms with Crippen LogP contribution >= 0.6 is 11.6 Å². The van der Waals surface area contributed by atoms with Crippen molar-refractivity contribution in [2.75, 3.05) is 0 Å². The molecule has 0 unspecified atom stereocenters. The molecule has 0 aliphatic carbocycles. The van der Waals surface area contributed by atoms with Gasteiger partial charge in [0, 0.05) is 22.7 Å². The molecule has 3 nitrogen and oxygen atoms in total. The van der Waals surface area contributed by atoms with Crippen LogP contribution in [0.25, 0.3) is 10.9 Å². The zero-order valence-electron chi connectivity index (χ0n) is 6.66. The topological polar surface area (TPSA) is 48.4 Å². The smallest absolute Gasteiger partial charge is 0.177 e. The lowest BCUT2D eigenvalue weighted by Gasteiger charge is -1.92. The Labute approximate surface area is 79.6 Å². The van der Waals surface area contributed by atoms with Gasteiger partial charge in [-0.15, -0.1) is 0 Å². The maximum atomic E-state index is 8.51. The van der Waals surface area contributed by atoms with Gasteiger partial charge in [0.2, 0.25) is 0 Å². The number of aromatic amines is 1. The molecule has 0 bridgehead atoms. The third kappa shape index (κ3) is 1.27. The molecule has 4 heteroatoms. The highest BCUT2D eigenvalue weighted by Crippen LogP contribution is 2.19. The summed E-state index contributed by atoms with van der Waals surface area (Å²) < 4.78 is 0. The number of nitrogens with zero attached hydrogens (tertiary/aromatic N) is 1. The van der Waals surface area contributed by atoms with Crippen LogP contribution in [0.5, 0.6) is 0 Å². The van der Waals surface area contributed by atoms with E-state index in [0.717, 1.165) is 10.9 Å². The first kappa shape index (κ1) is 8.13. The molecule has 0 fully saturated rings. The zero-order chi connectivity index (χ0) is 9.26. The number of oxime groups is 1. The first-order valence-corrected chi connectivity index (χ1v) is 4.15. The molecule has 0 saturated carbocycles. The van der Waals surface area contributed by atoms with Crippen LogP contribution in [0.1, 0.15) is 5.56 Å². The van der Waals surface area contributed by atoms with E-state index < -0.39 is 0 Å². The van der Waals surface area contributed by atoms with Gasteiger partial charge in [0.1, 0.15) is 0 Å². The van der Waals surface area contributed by atoms with Gasteiger partial charge in [-0.25, -0.2) is 0 Å². The summed E-state index contributed by atoms with van der Waals surface area (Å²) in [5, 5.41) is 12.5. The normalized spacial score (nSPS) is 12.2. The Hall–Kier alpha value is -1.48. The van der Waals surface area contributed by atoms with E-state index in [1.54, 1.807) is 6.20 Å². The van der Waals surface area contributed by atoms with Gasteiger partial charge >= 0.3 is 0 Å². The van der Waals surface area contributed by atoms with Crippen molar-refractivity contribution in [1.82, 2.24) is 4.98 Å². The molecule has 1 aromatic heterocycles. The van der Waals surface area contributed by atoms with Crippen molar-refractivity contribution < 1.29 is 5.21 Å². The third-order valence-corrected chi connectivity index (χ3v) is 2.18. The second kappa shape index (κ2) is 3.11. The van der Waals surface area contributed by atoms with E-state index in [4.69, 9.17) is 16.8 Å². The van der Waals surface area contributed by atoms with Crippen LogP contribution in [0.3, 0.4) is 0 Å². The summed E-state index contributed by atoms with van der Waals surface area (Å²) in [6.07, 6.45) is 1.72. The van der Waals surface area contributed by atoms with Crippen molar-refractivity contribution in [3.63, 3.8) is 0 Å². The standard InChI is InChI=1S/C9H7ClN2O/c10-9(12-13)7-5-11-8-4-2-1-3-6(7)8/h1-5,11,13H/b12-9+. The quantitative estimate of drug-likeness (QED) is 0.409. The van der Waals surface area contributed by atoms with Gasteiger partial charge in [0.05, 0.1) is 0 Å². The summed E-state index contributed by atoms with van der Waals surface area (Å²) in [6.45, 7) is 0. The minimum atomic E-state index is 0.0949. The number of aromatic nitrogens is 1. The van der Waals surface area contributed by atoms with E-state index >= 15 is 0 Å². The van der Waals surface area contributed by atoms with E-state index in [9.17, 15) is 0 Å². The van der Waals surface area contributed by atoms with E-state index in [1.807, 2.05) is 24.3 Å². The Morgan fingerprint density at radius 1 is 1.38 bits per heavy atom. The lowest BCUT2D eigenvalue weighted by Crippen LogP contribution is -1.87. The molecule has 0 spiro atoms. The number of nitrogens with one attached hydrogen (secondary N) is 1. The van der Waals surface area contributed by atoms with Crippen LogP contribution in [-0.2, 0) is 0 Å². The predicted octanol–water partition coefficient (Wildman–Crippen LogP) is 2.54. The molecule has 2 aromatic rings. The Kier molecular flexibility index (Phi) is 1.94. The van der Waals surface area contributed by atoms with Gasteiger partial charge in [-0.1, -0.05) is 35.0 Å². The van der Waals surface area contributed by atoms with E-state index in [1.165, 1.54) is 0 Å². The Morgan fingerprint density at radius 3 is 2.92 bits per heavy atom. The Balaban J connectivity index is 2.71. The van der Waals surface area contributed by atoms with Gasteiger partial charge in [-0.3, -0.25) is 0 Å². The summed E-state index contributed by atoms with van der Waals surface area (Å²) in [7, 11) is 0. The van der Waals surface area contributed by atoms with Gasteiger partial charge in [-0.2, -0.15) is 0 Å². The molecule has 0 aliphatic rings. The number of rotatable bonds is 1. The number of H-pyrrole nitrogens is 1. The van der Waals surface area contributed by atoms with Gasteiger partial charge < -0.3 is 10.2 Å². The maximum Gasteiger partial charge on any atom is 0.177 e. The van der Waals surface area contributed by atoms with Crippen LogP contribution in [0.4, 0.5) is 0 Å². The van der Waals surface area contributed by atoms with Crippen molar-refractivity contribution in [3.8, 4) is 0 Å². The maximum absolute atomic E-state index is 8.51. The molecule has 0 radical (unpaired) electrons. The number of benzene rings is 1. The Morgan fingerprint density at radius 2 is 2.15 bits per heavy atom. The van der Waals surface area contributed by atoms with Crippen molar-refractivity contribution >= 4 is 27.7 Å². The highest BCUT2D eigenvalue weighted by molar-refractivity contribution is 6.70. The van der Waals surface area contributed by atoms with Crippen molar-refractivity contribution in [2.45, 2.75) is 0 Å². The lowest BCUT2D eigenvalue weighted by molar-refractivity contribution is 0.321. The molecule has 13 heavy (non-hydrogen) atoms. The number of halogens is 1. The minimum absolute atomic E-state index is 0.0949. The number of hydrogen-bond donors (Lipinski definition) is 2. The largest absolute Gasteiger partial charge is 0.410 e. The summed E-state index contributed by atoms with van der Waals surface area (Å²) in [6, 6.07) is 7.67. The highest BCUT2D eigenvalue weighted by atomic mass is 35.5. The molecule has 0 saturated heterocycles. The molecule has 0 atom stereocenters. The molecule has 0 aliphatic heterocycles. The second-order valence-corrected chi connectivity index (χ2v) is 3.00. The highest BCUT2D eigenvalue weighted by Gasteiger charge is 2.06. The van der Waals surface area contributed by atoms with Gasteiger partial charge in [0.15, 0.2) is 5.17 Å². The third-order valence-electron chi connectivity index (χ3n) is 1.90.